The third-order valence-corrected chi connectivity index (χ3v) is 3.15. The van der Waals surface area contributed by atoms with Gasteiger partial charge in [0.25, 0.3) is 0 Å². The number of ether oxygens (including phenoxy) is 1. The Hall–Kier alpha value is -1.07. The van der Waals surface area contributed by atoms with Crippen molar-refractivity contribution < 1.29 is 18.3 Å². The van der Waals surface area contributed by atoms with Crippen LogP contribution in [0.25, 0.3) is 0 Å². The van der Waals surface area contributed by atoms with Crippen molar-refractivity contribution in [2.45, 2.75) is 11.3 Å². The summed E-state index contributed by atoms with van der Waals surface area (Å²) in [4.78, 5) is 0.163. The fraction of sp³-hybridized carbons (Fsp3) is 0.400. The summed E-state index contributed by atoms with van der Waals surface area (Å²) in [6.07, 6.45) is 1.57. The summed E-state index contributed by atoms with van der Waals surface area (Å²) in [6.45, 7) is -0.00443. The van der Waals surface area contributed by atoms with E-state index in [4.69, 9.17) is 9.84 Å². The van der Waals surface area contributed by atoms with Gasteiger partial charge >= 0.3 is 0 Å². The minimum absolute atomic E-state index is 0.00443. The van der Waals surface area contributed by atoms with Gasteiger partial charge in [0.15, 0.2) is 9.84 Å². The molecule has 0 radical (unpaired) electrons. The first-order valence-corrected chi connectivity index (χ1v) is 6.36. The van der Waals surface area contributed by atoms with Gasteiger partial charge in [-0.1, -0.05) is 6.07 Å². The van der Waals surface area contributed by atoms with Crippen LogP contribution in [-0.4, -0.2) is 33.5 Å². The van der Waals surface area contributed by atoms with Crippen molar-refractivity contribution >= 4 is 9.84 Å². The van der Waals surface area contributed by atoms with E-state index in [0.717, 1.165) is 11.8 Å². The summed E-state index contributed by atoms with van der Waals surface area (Å²) in [5.41, 5.74) is 0.777. The molecule has 0 fully saturated rings. The number of methoxy groups -OCH3 is 1. The lowest BCUT2D eigenvalue weighted by atomic mass is 10.1. The van der Waals surface area contributed by atoms with E-state index in [1.165, 1.54) is 13.2 Å². The zero-order valence-corrected chi connectivity index (χ0v) is 9.54. The van der Waals surface area contributed by atoms with E-state index in [1.54, 1.807) is 12.1 Å². The van der Waals surface area contributed by atoms with E-state index in [9.17, 15) is 8.42 Å². The molecule has 0 unspecified atom stereocenters. The van der Waals surface area contributed by atoms with Gasteiger partial charge in [-0.05, 0) is 24.1 Å². The number of hydrogen-bond donors (Lipinski definition) is 1. The second-order valence-corrected chi connectivity index (χ2v) is 5.22. The molecule has 0 saturated carbocycles. The van der Waals surface area contributed by atoms with Gasteiger partial charge in [-0.15, -0.1) is 0 Å². The van der Waals surface area contributed by atoms with E-state index < -0.39 is 9.84 Å². The molecule has 15 heavy (non-hydrogen) atoms. The molecule has 0 heterocycles. The van der Waals surface area contributed by atoms with Crippen molar-refractivity contribution in [3.63, 3.8) is 0 Å². The molecule has 0 aliphatic carbocycles. The van der Waals surface area contributed by atoms with Gasteiger partial charge in [0.05, 0.1) is 7.11 Å². The molecule has 1 N–H and O–H groups in total. The first-order valence-electron chi connectivity index (χ1n) is 4.47. The van der Waals surface area contributed by atoms with Crippen LogP contribution >= 0.6 is 0 Å². The highest BCUT2D eigenvalue weighted by Crippen LogP contribution is 2.24. The fourth-order valence-corrected chi connectivity index (χ4v) is 2.18. The number of benzene rings is 1. The maximum atomic E-state index is 11.4. The molecule has 0 aliphatic rings. The van der Waals surface area contributed by atoms with Crippen LogP contribution in [-0.2, 0) is 16.3 Å². The van der Waals surface area contributed by atoms with Crippen LogP contribution in [0.15, 0.2) is 23.1 Å². The second-order valence-electron chi connectivity index (χ2n) is 3.23. The Morgan fingerprint density at radius 1 is 1.40 bits per heavy atom. The molecule has 1 rings (SSSR count). The predicted molar refractivity (Wildman–Crippen MR) is 56.9 cm³/mol. The molecule has 0 aromatic heterocycles. The minimum Gasteiger partial charge on any atom is -0.495 e. The number of aliphatic hydroxyl groups is 1. The van der Waals surface area contributed by atoms with Crippen molar-refractivity contribution in [1.29, 1.82) is 0 Å². The molecule has 0 bridgehead atoms. The fourth-order valence-electron chi connectivity index (χ4n) is 1.30. The predicted octanol–water partition coefficient (Wildman–Crippen LogP) is 0.633. The van der Waals surface area contributed by atoms with Crippen molar-refractivity contribution in [1.82, 2.24) is 0 Å². The Bertz CT molecular complexity index is 437. The van der Waals surface area contributed by atoms with Crippen LogP contribution in [0.2, 0.25) is 0 Å². The highest BCUT2D eigenvalue weighted by Gasteiger charge is 2.14. The van der Waals surface area contributed by atoms with E-state index in [0.29, 0.717) is 12.2 Å². The molecule has 0 saturated heterocycles. The number of rotatable bonds is 4. The highest BCUT2D eigenvalue weighted by molar-refractivity contribution is 7.90. The molecular weight excluding hydrogens is 216 g/mol. The summed E-state index contributed by atoms with van der Waals surface area (Å²) in [5.74, 6) is 0.333. The molecule has 0 aliphatic heterocycles. The van der Waals surface area contributed by atoms with Gasteiger partial charge in [0, 0.05) is 12.9 Å². The van der Waals surface area contributed by atoms with Gasteiger partial charge in [0.2, 0.25) is 0 Å². The Labute approximate surface area is 89.4 Å². The van der Waals surface area contributed by atoms with Crippen molar-refractivity contribution in [2.75, 3.05) is 20.0 Å². The largest absolute Gasteiger partial charge is 0.495 e. The van der Waals surface area contributed by atoms with E-state index in [1.807, 2.05) is 0 Å². The van der Waals surface area contributed by atoms with E-state index in [2.05, 4.69) is 0 Å². The monoisotopic (exact) mass is 230 g/mol. The first kappa shape index (κ1) is 12.0. The van der Waals surface area contributed by atoms with Crippen LogP contribution in [0.3, 0.4) is 0 Å². The topological polar surface area (TPSA) is 63.6 Å². The molecule has 0 atom stereocenters. The summed E-state index contributed by atoms with van der Waals surface area (Å²) in [5, 5.41) is 8.76. The Kier molecular flexibility index (Phi) is 3.71. The Morgan fingerprint density at radius 3 is 2.53 bits per heavy atom. The Morgan fingerprint density at radius 2 is 2.07 bits per heavy atom. The zero-order valence-electron chi connectivity index (χ0n) is 8.73. The number of aliphatic hydroxyl groups excluding tert-OH is 1. The quantitative estimate of drug-likeness (QED) is 0.824. The van der Waals surface area contributed by atoms with E-state index in [-0.39, 0.29) is 11.5 Å². The summed E-state index contributed by atoms with van der Waals surface area (Å²) >= 11 is 0. The summed E-state index contributed by atoms with van der Waals surface area (Å²) in [6, 6.07) is 4.87. The minimum atomic E-state index is -3.29. The molecule has 1 aromatic carbocycles. The van der Waals surface area contributed by atoms with Crippen molar-refractivity contribution in [2.24, 2.45) is 0 Å². The van der Waals surface area contributed by atoms with Crippen LogP contribution in [0.5, 0.6) is 5.75 Å². The van der Waals surface area contributed by atoms with Gasteiger partial charge in [0.1, 0.15) is 10.6 Å². The lowest BCUT2D eigenvalue weighted by molar-refractivity contribution is 0.299. The Balaban J connectivity index is 3.26. The average Bonchev–Trinajstić information content (AvgIpc) is 2.17. The van der Waals surface area contributed by atoms with Gasteiger partial charge in [-0.3, -0.25) is 0 Å². The van der Waals surface area contributed by atoms with E-state index >= 15 is 0 Å². The molecule has 5 heteroatoms. The summed E-state index contributed by atoms with van der Waals surface area (Å²) < 4.78 is 27.8. The average molecular weight is 230 g/mol. The SMILES string of the molecule is COc1ccc(CCO)cc1S(C)(=O)=O. The smallest absolute Gasteiger partial charge is 0.179 e. The first-order chi connectivity index (χ1) is 6.99. The third-order valence-electron chi connectivity index (χ3n) is 2.03. The lowest BCUT2D eigenvalue weighted by Gasteiger charge is -2.08. The molecule has 84 valence electrons. The molecular formula is C10H14O4S. The summed E-state index contributed by atoms with van der Waals surface area (Å²) in [7, 11) is -1.87. The lowest BCUT2D eigenvalue weighted by Crippen LogP contribution is -2.02. The standard InChI is InChI=1S/C10H14O4S/c1-14-9-4-3-8(5-6-11)7-10(9)15(2,12)13/h3-4,7,11H,5-6H2,1-2H3. The number of hydrogen-bond acceptors (Lipinski definition) is 4. The maximum Gasteiger partial charge on any atom is 0.179 e. The molecule has 4 nitrogen and oxygen atoms in total. The van der Waals surface area contributed by atoms with Gasteiger partial charge < -0.3 is 9.84 Å². The van der Waals surface area contributed by atoms with Crippen LogP contribution < -0.4 is 4.74 Å². The van der Waals surface area contributed by atoms with Crippen LogP contribution in [0, 0.1) is 0 Å². The third kappa shape index (κ3) is 2.94. The highest BCUT2D eigenvalue weighted by atomic mass is 32.2. The van der Waals surface area contributed by atoms with Crippen LogP contribution in [0.1, 0.15) is 5.56 Å². The maximum absolute atomic E-state index is 11.4. The van der Waals surface area contributed by atoms with Gasteiger partial charge in [-0.2, -0.15) is 0 Å². The second kappa shape index (κ2) is 4.63. The van der Waals surface area contributed by atoms with Crippen LogP contribution in [0.4, 0.5) is 0 Å². The molecule has 0 spiro atoms. The number of sulfone groups is 1. The molecule has 1 aromatic rings. The normalized spacial score (nSPS) is 11.4. The molecule has 0 amide bonds. The van der Waals surface area contributed by atoms with Crippen molar-refractivity contribution in [3.05, 3.63) is 23.8 Å². The van der Waals surface area contributed by atoms with Crippen molar-refractivity contribution in [3.8, 4) is 5.75 Å². The zero-order chi connectivity index (χ0) is 11.5. The van der Waals surface area contributed by atoms with Gasteiger partial charge in [-0.25, -0.2) is 8.42 Å².